The van der Waals surface area contributed by atoms with Gasteiger partial charge in [-0.2, -0.15) is 0 Å². The smallest absolute Gasteiger partial charge is 0.253 e. The van der Waals surface area contributed by atoms with E-state index in [0.717, 1.165) is 6.42 Å². The van der Waals surface area contributed by atoms with Gasteiger partial charge in [0, 0.05) is 37.4 Å². The van der Waals surface area contributed by atoms with Crippen LogP contribution in [0.4, 0.5) is 0 Å². The number of benzene rings is 1. The molecule has 0 radical (unpaired) electrons. The van der Waals surface area contributed by atoms with Gasteiger partial charge in [-0.25, -0.2) is 0 Å². The fourth-order valence-corrected chi connectivity index (χ4v) is 1.97. The van der Waals surface area contributed by atoms with Crippen molar-refractivity contribution in [1.29, 1.82) is 0 Å². The van der Waals surface area contributed by atoms with Crippen molar-refractivity contribution >= 4 is 11.8 Å². The van der Waals surface area contributed by atoms with Crippen LogP contribution in [0.25, 0.3) is 0 Å². The maximum absolute atomic E-state index is 12.3. The summed E-state index contributed by atoms with van der Waals surface area (Å²) in [7, 11) is 3.34. The summed E-state index contributed by atoms with van der Waals surface area (Å²) in [5.74, 6) is -0.375. The topological polar surface area (TPSA) is 69.6 Å². The molecule has 5 nitrogen and oxygen atoms in total. The molecule has 21 heavy (non-hydrogen) atoms. The lowest BCUT2D eigenvalue weighted by Gasteiger charge is -2.29. The molecule has 0 aromatic heterocycles. The van der Waals surface area contributed by atoms with Crippen LogP contribution < -0.4 is 5.32 Å². The first-order valence-corrected chi connectivity index (χ1v) is 7.08. The van der Waals surface area contributed by atoms with Crippen LogP contribution in [0.15, 0.2) is 24.3 Å². The number of hydrogen-bond donors (Lipinski definition) is 2. The zero-order chi connectivity index (χ0) is 16.0. The molecule has 0 spiro atoms. The molecule has 1 aromatic rings. The number of nitrogens with one attached hydrogen (secondary N) is 1. The minimum atomic E-state index is -0.451. The number of rotatable bonds is 6. The average molecular weight is 292 g/mol. The van der Waals surface area contributed by atoms with Gasteiger partial charge in [0.25, 0.3) is 11.8 Å². The van der Waals surface area contributed by atoms with E-state index in [1.807, 2.05) is 13.8 Å². The molecule has 0 aliphatic heterocycles. The third-order valence-electron chi connectivity index (χ3n) is 3.64. The fourth-order valence-electron chi connectivity index (χ4n) is 1.97. The number of nitrogens with zero attached hydrogens (tertiary/aromatic N) is 1. The number of hydrogen-bond acceptors (Lipinski definition) is 3. The molecule has 0 saturated heterocycles. The van der Waals surface area contributed by atoms with Crippen molar-refractivity contribution in [1.82, 2.24) is 10.2 Å². The van der Waals surface area contributed by atoms with Gasteiger partial charge >= 0.3 is 0 Å². The lowest BCUT2D eigenvalue weighted by atomic mass is 9.94. The summed E-state index contributed by atoms with van der Waals surface area (Å²) in [5, 5.41) is 12.0. The molecular weight excluding hydrogens is 268 g/mol. The first-order chi connectivity index (χ1) is 9.83. The number of carbonyl (C=O) groups excluding carboxylic acids is 2. The van der Waals surface area contributed by atoms with Crippen LogP contribution in [-0.4, -0.2) is 48.1 Å². The van der Waals surface area contributed by atoms with Crippen LogP contribution in [0.3, 0.4) is 0 Å². The van der Waals surface area contributed by atoms with E-state index in [9.17, 15) is 9.59 Å². The van der Waals surface area contributed by atoms with Crippen LogP contribution in [0.2, 0.25) is 0 Å². The Morgan fingerprint density at radius 3 is 2.43 bits per heavy atom. The van der Waals surface area contributed by atoms with Gasteiger partial charge in [-0.3, -0.25) is 9.59 Å². The highest BCUT2D eigenvalue weighted by atomic mass is 16.3. The Labute approximate surface area is 126 Å². The molecule has 0 bridgehead atoms. The number of carbonyl (C=O) groups is 2. The SMILES string of the molecule is CCC(C)(CCO)NC(=O)c1cccc(C(=O)N(C)C)c1. The van der Waals surface area contributed by atoms with Gasteiger partial charge in [0.1, 0.15) is 0 Å². The van der Waals surface area contributed by atoms with Crippen molar-refractivity contribution in [2.75, 3.05) is 20.7 Å². The quantitative estimate of drug-likeness (QED) is 0.838. The average Bonchev–Trinajstić information content (AvgIpc) is 2.46. The minimum Gasteiger partial charge on any atom is -0.396 e. The molecule has 0 fully saturated rings. The van der Waals surface area contributed by atoms with Crippen molar-refractivity contribution in [2.24, 2.45) is 0 Å². The summed E-state index contributed by atoms with van der Waals surface area (Å²) in [6.07, 6.45) is 1.21. The third kappa shape index (κ3) is 4.56. The zero-order valence-electron chi connectivity index (χ0n) is 13.1. The Hall–Kier alpha value is -1.88. The minimum absolute atomic E-state index is 0.0176. The number of amides is 2. The van der Waals surface area contributed by atoms with Crippen molar-refractivity contribution in [3.05, 3.63) is 35.4 Å². The normalized spacial score (nSPS) is 13.4. The second-order valence-corrected chi connectivity index (χ2v) is 5.62. The van der Waals surface area contributed by atoms with Crippen molar-refractivity contribution in [3.63, 3.8) is 0 Å². The van der Waals surface area contributed by atoms with Crippen LogP contribution in [-0.2, 0) is 0 Å². The Kier molecular flexibility index (Phi) is 5.90. The molecule has 1 unspecified atom stereocenters. The molecule has 2 amide bonds. The monoisotopic (exact) mass is 292 g/mol. The van der Waals surface area contributed by atoms with Crippen LogP contribution >= 0.6 is 0 Å². The maximum Gasteiger partial charge on any atom is 0.253 e. The van der Waals surface area contributed by atoms with Crippen molar-refractivity contribution in [3.8, 4) is 0 Å². The third-order valence-corrected chi connectivity index (χ3v) is 3.64. The highest BCUT2D eigenvalue weighted by Crippen LogP contribution is 2.16. The van der Waals surface area contributed by atoms with E-state index in [4.69, 9.17) is 5.11 Å². The summed E-state index contributed by atoms with van der Waals surface area (Å²) < 4.78 is 0. The van der Waals surface area contributed by atoms with E-state index in [0.29, 0.717) is 17.5 Å². The summed E-state index contributed by atoms with van der Waals surface area (Å²) >= 11 is 0. The molecule has 0 aliphatic carbocycles. The molecule has 116 valence electrons. The van der Waals surface area contributed by atoms with E-state index >= 15 is 0 Å². The van der Waals surface area contributed by atoms with Crippen molar-refractivity contribution in [2.45, 2.75) is 32.2 Å². The highest BCUT2D eigenvalue weighted by molar-refractivity contribution is 5.99. The first kappa shape index (κ1) is 17.2. The molecule has 1 aromatic carbocycles. The molecule has 1 atom stereocenters. The lowest BCUT2D eigenvalue weighted by Crippen LogP contribution is -2.46. The van der Waals surface area contributed by atoms with Crippen LogP contribution in [0, 0.1) is 0 Å². The van der Waals surface area contributed by atoms with Gasteiger partial charge < -0.3 is 15.3 Å². The predicted octanol–water partition coefficient (Wildman–Crippen LogP) is 1.67. The van der Waals surface area contributed by atoms with Gasteiger partial charge in [0.15, 0.2) is 0 Å². The Morgan fingerprint density at radius 2 is 1.90 bits per heavy atom. The van der Waals surface area contributed by atoms with Crippen molar-refractivity contribution < 1.29 is 14.7 Å². The van der Waals surface area contributed by atoms with Gasteiger partial charge in [-0.15, -0.1) is 0 Å². The number of aliphatic hydroxyl groups excluding tert-OH is 1. The van der Waals surface area contributed by atoms with Crippen LogP contribution in [0.5, 0.6) is 0 Å². The predicted molar refractivity (Wildman–Crippen MR) is 82.3 cm³/mol. The summed E-state index contributed by atoms with van der Waals surface area (Å²) in [6.45, 7) is 3.88. The Bertz CT molecular complexity index is 514. The van der Waals surface area contributed by atoms with Gasteiger partial charge in [0.2, 0.25) is 0 Å². The van der Waals surface area contributed by atoms with E-state index in [1.54, 1.807) is 38.4 Å². The van der Waals surface area contributed by atoms with Gasteiger partial charge in [-0.05, 0) is 38.0 Å². The highest BCUT2D eigenvalue weighted by Gasteiger charge is 2.24. The zero-order valence-corrected chi connectivity index (χ0v) is 13.1. The summed E-state index contributed by atoms with van der Waals surface area (Å²) in [4.78, 5) is 25.7. The Morgan fingerprint density at radius 1 is 1.29 bits per heavy atom. The molecule has 1 rings (SSSR count). The van der Waals surface area contributed by atoms with E-state index < -0.39 is 5.54 Å². The maximum atomic E-state index is 12.3. The lowest BCUT2D eigenvalue weighted by molar-refractivity contribution is 0.0827. The molecular formula is C16H24N2O3. The standard InChI is InChI=1S/C16H24N2O3/c1-5-16(2,9-10-19)17-14(20)12-7-6-8-13(11-12)15(21)18(3)4/h6-8,11,19H,5,9-10H2,1-4H3,(H,17,20). The summed E-state index contributed by atoms with van der Waals surface area (Å²) in [6, 6.07) is 6.65. The molecule has 0 saturated carbocycles. The largest absolute Gasteiger partial charge is 0.396 e. The van der Waals surface area contributed by atoms with E-state index in [2.05, 4.69) is 5.32 Å². The molecule has 0 heterocycles. The van der Waals surface area contributed by atoms with E-state index in [1.165, 1.54) is 4.90 Å². The molecule has 2 N–H and O–H groups in total. The summed E-state index contributed by atoms with van der Waals surface area (Å²) in [5.41, 5.74) is 0.473. The molecule has 5 heteroatoms. The van der Waals surface area contributed by atoms with E-state index in [-0.39, 0.29) is 18.4 Å². The fraction of sp³-hybridized carbons (Fsp3) is 0.500. The molecule has 0 aliphatic rings. The number of aliphatic hydroxyl groups is 1. The first-order valence-electron chi connectivity index (χ1n) is 7.08. The second-order valence-electron chi connectivity index (χ2n) is 5.62. The van der Waals surface area contributed by atoms with Gasteiger partial charge in [0.05, 0.1) is 0 Å². The van der Waals surface area contributed by atoms with Crippen LogP contribution in [0.1, 0.15) is 47.4 Å². The van der Waals surface area contributed by atoms with Gasteiger partial charge in [-0.1, -0.05) is 13.0 Å². The Balaban J connectivity index is 2.93. The second kappa shape index (κ2) is 7.22.